The van der Waals surface area contributed by atoms with Crippen LogP contribution in [0.15, 0.2) is 53.9 Å². The third-order valence-corrected chi connectivity index (χ3v) is 5.71. The topological polar surface area (TPSA) is 51.7 Å². The van der Waals surface area contributed by atoms with Crippen LogP contribution in [0.4, 0.5) is 10.8 Å². The van der Waals surface area contributed by atoms with E-state index in [2.05, 4.69) is 4.98 Å². The second kappa shape index (κ2) is 8.71. The number of rotatable bonds is 6. The number of nitrogens with zero attached hydrogens (tertiary/aromatic N) is 2. The predicted octanol–water partition coefficient (Wildman–Crippen LogP) is 5.55. The van der Waals surface area contributed by atoms with Crippen LogP contribution in [0, 0.1) is 6.92 Å². The van der Waals surface area contributed by atoms with Gasteiger partial charge in [-0.15, -0.1) is 11.3 Å². The Morgan fingerprint density at radius 2 is 2.13 bits per heavy atom. The van der Waals surface area contributed by atoms with E-state index < -0.39 is 0 Å². The Hall–Kier alpha value is -3.12. The van der Waals surface area contributed by atoms with Gasteiger partial charge in [0.2, 0.25) is 0 Å². The second-order valence-corrected chi connectivity index (χ2v) is 8.01. The number of aromatic nitrogens is 1. The molecule has 1 aromatic heterocycles. The van der Waals surface area contributed by atoms with Crippen molar-refractivity contribution < 1.29 is 14.3 Å². The average Bonchev–Trinajstić information content (AvgIpc) is 3.31. The van der Waals surface area contributed by atoms with Crippen molar-refractivity contribution in [3.8, 4) is 11.5 Å². The number of benzene rings is 2. The summed E-state index contributed by atoms with van der Waals surface area (Å²) in [5, 5.41) is 2.58. The third kappa shape index (κ3) is 4.24. The van der Waals surface area contributed by atoms with E-state index in [0.717, 1.165) is 40.4 Å². The largest absolute Gasteiger partial charge is 0.493 e. The van der Waals surface area contributed by atoms with Crippen LogP contribution in [-0.2, 0) is 11.2 Å². The molecule has 1 atom stereocenters. The molecular formula is C24H24N2O3S. The van der Waals surface area contributed by atoms with E-state index in [1.807, 2.05) is 68.6 Å². The molecule has 3 aromatic rings. The summed E-state index contributed by atoms with van der Waals surface area (Å²) in [5.41, 5.74) is 3.62. The van der Waals surface area contributed by atoms with Crippen molar-refractivity contribution in [2.24, 2.45) is 0 Å². The Bertz CT molecular complexity index is 1080. The van der Waals surface area contributed by atoms with Gasteiger partial charge < -0.3 is 9.47 Å². The summed E-state index contributed by atoms with van der Waals surface area (Å²) < 4.78 is 11.7. The molecule has 2 aromatic carbocycles. The fourth-order valence-electron chi connectivity index (χ4n) is 3.45. The second-order valence-electron chi connectivity index (χ2n) is 7.18. The van der Waals surface area contributed by atoms with Gasteiger partial charge in [-0.1, -0.05) is 18.2 Å². The van der Waals surface area contributed by atoms with Crippen LogP contribution in [0.3, 0.4) is 0 Å². The molecule has 0 N–H and O–H groups in total. The fourth-order valence-corrected chi connectivity index (χ4v) is 4.28. The van der Waals surface area contributed by atoms with Crippen molar-refractivity contribution in [2.75, 3.05) is 11.5 Å². The van der Waals surface area contributed by atoms with E-state index in [1.165, 1.54) is 11.3 Å². The fraction of sp³-hybridized carbons (Fsp3) is 0.250. The highest BCUT2D eigenvalue weighted by Gasteiger charge is 2.22. The molecule has 2 heterocycles. The summed E-state index contributed by atoms with van der Waals surface area (Å²) in [6, 6.07) is 13.5. The standard InChI is InChI=1S/C24H24N2O3S/c1-4-28-21-14-19-12-17(3)29-22(19)13-18(21)10-11-23(27)26(20-8-6-5-7-9-20)24-25-16(2)15-30-24/h5-11,13-15,17H,4,12H2,1-3H3/b11-10+. The lowest BCUT2D eigenvalue weighted by Gasteiger charge is -2.18. The van der Waals surface area contributed by atoms with Crippen molar-refractivity contribution in [3.05, 3.63) is 70.7 Å². The zero-order valence-corrected chi connectivity index (χ0v) is 18.1. The molecule has 0 bridgehead atoms. The minimum absolute atomic E-state index is 0.150. The molecule has 30 heavy (non-hydrogen) atoms. The van der Waals surface area contributed by atoms with Crippen molar-refractivity contribution in [1.29, 1.82) is 0 Å². The van der Waals surface area contributed by atoms with Gasteiger partial charge in [0, 0.05) is 29.0 Å². The number of hydrogen-bond donors (Lipinski definition) is 0. The van der Waals surface area contributed by atoms with E-state index in [4.69, 9.17) is 9.47 Å². The lowest BCUT2D eigenvalue weighted by Crippen LogP contribution is -2.23. The summed E-state index contributed by atoms with van der Waals surface area (Å²) in [6.45, 7) is 6.47. The van der Waals surface area contributed by atoms with Crippen LogP contribution in [0.5, 0.6) is 11.5 Å². The van der Waals surface area contributed by atoms with Gasteiger partial charge in [0.05, 0.1) is 18.0 Å². The van der Waals surface area contributed by atoms with Gasteiger partial charge in [-0.2, -0.15) is 0 Å². The molecule has 1 amide bonds. The third-order valence-electron chi connectivity index (χ3n) is 4.77. The number of hydrogen-bond acceptors (Lipinski definition) is 5. The Labute approximate surface area is 180 Å². The highest BCUT2D eigenvalue weighted by atomic mass is 32.1. The van der Waals surface area contributed by atoms with Crippen LogP contribution in [0.2, 0.25) is 0 Å². The number of fused-ring (bicyclic) bond motifs is 1. The molecule has 0 saturated heterocycles. The first-order valence-electron chi connectivity index (χ1n) is 10.0. The quantitative estimate of drug-likeness (QED) is 0.491. The van der Waals surface area contributed by atoms with Gasteiger partial charge >= 0.3 is 0 Å². The summed E-state index contributed by atoms with van der Waals surface area (Å²) in [4.78, 5) is 19.4. The van der Waals surface area contributed by atoms with Gasteiger partial charge in [0.25, 0.3) is 5.91 Å². The molecular weight excluding hydrogens is 396 g/mol. The molecule has 5 nitrogen and oxygen atoms in total. The number of para-hydroxylation sites is 1. The molecule has 0 radical (unpaired) electrons. The Kier molecular flexibility index (Phi) is 5.86. The first-order chi connectivity index (χ1) is 14.5. The summed E-state index contributed by atoms with van der Waals surface area (Å²) >= 11 is 1.45. The molecule has 154 valence electrons. The van der Waals surface area contributed by atoms with Crippen LogP contribution in [0.25, 0.3) is 6.08 Å². The molecule has 0 aliphatic carbocycles. The molecule has 1 aliphatic rings. The monoisotopic (exact) mass is 420 g/mol. The van der Waals surface area contributed by atoms with Crippen molar-refractivity contribution in [2.45, 2.75) is 33.3 Å². The van der Waals surface area contributed by atoms with Crippen molar-refractivity contribution in [3.63, 3.8) is 0 Å². The number of amides is 1. The Morgan fingerprint density at radius 1 is 1.33 bits per heavy atom. The number of carbonyl (C=O) groups excluding carboxylic acids is 1. The first-order valence-corrected chi connectivity index (χ1v) is 10.9. The van der Waals surface area contributed by atoms with Crippen molar-refractivity contribution >= 4 is 34.1 Å². The summed E-state index contributed by atoms with van der Waals surface area (Å²) in [7, 11) is 0. The van der Waals surface area contributed by atoms with Crippen LogP contribution in [-0.4, -0.2) is 23.6 Å². The zero-order valence-electron chi connectivity index (χ0n) is 17.3. The average molecular weight is 421 g/mol. The predicted molar refractivity (Wildman–Crippen MR) is 121 cm³/mol. The first kappa shape index (κ1) is 20.2. The van der Waals surface area contributed by atoms with Crippen molar-refractivity contribution in [1.82, 2.24) is 4.98 Å². The molecule has 0 fully saturated rings. The highest BCUT2D eigenvalue weighted by molar-refractivity contribution is 7.14. The van der Waals surface area contributed by atoms with Crippen LogP contribution >= 0.6 is 11.3 Å². The molecule has 0 spiro atoms. The summed E-state index contributed by atoms with van der Waals surface area (Å²) in [6.07, 6.45) is 4.36. The molecule has 6 heteroatoms. The lowest BCUT2D eigenvalue weighted by molar-refractivity contribution is -0.113. The van der Waals surface area contributed by atoms with Gasteiger partial charge in [0.15, 0.2) is 5.13 Å². The van der Waals surface area contributed by atoms with E-state index in [1.54, 1.807) is 17.1 Å². The van der Waals surface area contributed by atoms with Gasteiger partial charge in [-0.05, 0) is 51.1 Å². The number of aryl methyl sites for hydroxylation is 1. The smallest absolute Gasteiger partial charge is 0.257 e. The van der Waals surface area contributed by atoms with E-state index in [9.17, 15) is 4.79 Å². The maximum atomic E-state index is 13.2. The van der Waals surface area contributed by atoms with Gasteiger partial charge in [-0.3, -0.25) is 9.69 Å². The maximum absolute atomic E-state index is 13.2. The SMILES string of the molecule is CCOc1cc2c(cc1/C=C/C(=O)N(c1ccccc1)c1nc(C)cs1)OC(C)C2. The molecule has 1 aliphatic heterocycles. The highest BCUT2D eigenvalue weighted by Crippen LogP contribution is 2.36. The van der Waals surface area contributed by atoms with Gasteiger partial charge in [-0.25, -0.2) is 4.98 Å². The Morgan fingerprint density at radius 3 is 2.83 bits per heavy atom. The normalized spacial score (nSPS) is 15.1. The Balaban J connectivity index is 1.67. The van der Waals surface area contributed by atoms with E-state index >= 15 is 0 Å². The number of ether oxygens (including phenoxy) is 2. The summed E-state index contributed by atoms with van der Waals surface area (Å²) in [5.74, 6) is 1.44. The van der Waals surface area contributed by atoms with Crippen LogP contribution in [0.1, 0.15) is 30.7 Å². The number of carbonyl (C=O) groups is 1. The van der Waals surface area contributed by atoms with Crippen LogP contribution < -0.4 is 14.4 Å². The van der Waals surface area contributed by atoms with E-state index in [0.29, 0.717) is 11.7 Å². The number of anilines is 2. The van der Waals surface area contributed by atoms with Gasteiger partial charge in [0.1, 0.15) is 17.6 Å². The minimum atomic E-state index is -0.173. The molecule has 0 saturated carbocycles. The lowest BCUT2D eigenvalue weighted by atomic mass is 10.1. The molecule has 4 rings (SSSR count). The minimum Gasteiger partial charge on any atom is -0.493 e. The number of thiazole rings is 1. The maximum Gasteiger partial charge on any atom is 0.257 e. The molecule has 1 unspecified atom stereocenters. The van der Waals surface area contributed by atoms with E-state index in [-0.39, 0.29) is 12.0 Å². The zero-order chi connectivity index (χ0) is 21.1.